The molecule has 1 aliphatic carbocycles. The average molecular weight is 263 g/mol. The monoisotopic (exact) mass is 262 g/mol. The Bertz CT molecular complexity index is 572. The predicted molar refractivity (Wildman–Crippen MR) is 68.9 cm³/mol. The minimum absolute atomic E-state index is 0.313. The van der Waals surface area contributed by atoms with Gasteiger partial charge in [0.15, 0.2) is 0 Å². The van der Waals surface area contributed by atoms with Crippen molar-refractivity contribution in [3.63, 3.8) is 0 Å². The molecule has 0 aromatic heterocycles. The molecule has 0 amide bonds. The van der Waals surface area contributed by atoms with Crippen LogP contribution in [0.1, 0.15) is 6.42 Å². The normalized spacial score (nSPS) is 28.1. The van der Waals surface area contributed by atoms with E-state index in [-0.39, 0.29) is 5.97 Å². The summed E-state index contributed by atoms with van der Waals surface area (Å²) in [6.07, 6.45) is 11.5. The van der Waals surface area contributed by atoms with Gasteiger partial charge in [-0.15, -0.1) is 0 Å². The van der Waals surface area contributed by atoms with E-state index < -0.39 is 5.54 Å². The zero-order valence-corrected chi connectivity index (χ0v) is 10.5. The molecule has 1 atom stereocenters. The molecule has 1 unspecified atom stereocenters. The van der Waals surface area contributed by atoms with Crippen molar-refractivity contribution in [1.82, 2.24) is 4.42 Å². The van der Waals surface area contributed by atoms with Crippen LogP contribution >= 0.6 is 11.8 Å². The van der Waals surface area contributed by atoms with E-state index in [2.05, 4.69) is 4.99 Å². The molecule has 92 valence electrons. The Kier molecular flexibility index (Phi) is 2.41. The van der Waals surface area contributed by atoms with Crippen LogP contribution in [-0.4, -0.2) is 29.3 Å². The van der Waals surface area contributed by atoms with Crippen LogP contribution in [-0.2, 0) is 9.53 Å². The van der Waals surface area contributed by atoms with Gasteiger partial charge in [0.1, 0.15) is 5.54 Å². The first kappa shape index (κ1) is 11.3. The molecule has 0 fully saturated rings. The van der Waals surface area contributed by atoms with E-state index >= 15 is 0 Å². The maximum atomic E-state index is 11.8. The minimum Gasteiger partial charge on any atom is -0.466 e. The highest BCUT2D eigenvalue weighted by molar-refractivity contribution is 6.16. The molecule has 18 heavy (non-hydrogen) atoms. The summed E-state index contributed by atoms with van der Waals surface area (Å²) in [7, 11) is 1.39. The molecule has 2 heterocycles. The minimum atomic E-state index is -0.606. The van der Waals surface area contributed by atoms with Gasteiger partial charge < -0.3 is 4.74 Å². The Labute approximate surface area is 110 Å². The van der Waals surface area contributed by atoms with Crippen molar-refractivity contribution in [2.75, 3.05) is 7.11 Å². The second-order valence-corrected chi connectivity index (χ2v) is 4.60. The van der Waals surface area contributed by atoms with E-state index in [4.69, 9.17) is 16.5 Å². The Morgan fingerprint density at radius 3 is 3.22 bits per heavy atom. The number of esters is 1. The number of rotatable bonds is 1. The average Bonchev–Trinajstić information content (AvgIpc) is 2.74. The predicted octanol–water partition coefficient (Wildman–Crippen LogP) is 2.11. The smallest absolute Gasteiger partial charge is 0.334 e. The number of allylic oxidation sites excluding steroid dienone is 1. The molecule has 1 spiro atoms. The molecule has 0 bridgehead atoms. The lowest BCUT2D eigenvalue weighted by Crippen LogP contribution is -2.43. The van der Waals surface area contributed by atoms with E-state index in [1.807, 2.05) is 18.2 Å². The molecule has 0 aromatic rings. The van der Waals surface area contributed by atoms with Gasteiger partial charge in [-0.3, -0.25) is 9.41 Å². The summed E-state index contributed by atoms with van der Waals surface area (Å²) in [6, 6.07) is 0. The maximum absolute atomic E-state index is 11.8. The van der Waals surface area contributed by atoms with Gasteiger partial charge in [-0.25, -0.2) is 4.79 Å². The van der Waals surface area contributed by atoms with Crippen LogP contribution < -0.4 is 0 Å². The summed E-state index contributed by atoms with van der Waals surface area (Å²) < 4.78 is 6.40. The van der Waals surface area contributed by atoms with Crippen molar-refractivity contribution >= 4 is 24.0 Å². The van der Waals surface area contributed by atoms with E-state index in [1.54, 1.807) is 23.0 Å². The topological polar surface area (TPSA) is 41.9 Å². The zero-order chi connectivity index (χ0) is 12.8. The highest BCUT2D eigenvalue weighted by Gasteiger charge is 2.47. The number of halogens is 1. The third-order valence-corrected chi connectivity index (χ3v) is 3.84. The fourth-order valence-corrected chi connectivity index (χ4v) is 2.89. The molecule has 0 N–H and O–H groups in total. The van der Waals surface area contributed by atoms with Crippen molar-refractivity contribution < 1.29 is 9.53 Å². The van der Waals surface area contributed by atoms with Crippen LogP contribution in [0.15, 0.2) is 52.3 Å². The lowest BCUT2D eigenvalue weighted by Gasteiger charge is -2.38. The molecule has 0 radical (unpaired) electrons. The van der Waals surface area contributed by atoms with E-state index in [9.17, 15) is 4.79 Å². The van der Waals surface area contributed by atoms with Crippen LogP contribution in [0.3, 0.4) is 0 Å². The number of nitrogens with zero attached hydrogens (tertiary/aromatic N) is 2. The summed E-state index contributed by atoms with van der Waals surface area (Å²) in [5, 5.41) is 0. The first-order chi connectivity index (χ1) is 8.70. The molecule has 4 nitrogen and oxygen atoms in total. The van der Waals surface area contributed by atoms with E-state index in [0.29, 0.717) is 12.0 Å². The number of aliphatic imine (C=N–C) groups is 1. The van der Waals surface area contributed by atoms with Gasteiger partial charge >= 0.3 is 5.97 Å². The molecule has 3 rings (SSSR count). The Balaban J connectivity index is 2.20. The Hall–Kier alpha value is -1.81. The largest absolute Gasteiger partial charge is 0.466 e. The van der Waals surface area contributed by atoms with E-state index in [0.717, 1.165) is 11.1 Å². The SMILES string of the molecule is COC(=O)C1=C2C=CN(Cl)C23C=CN=CC3=CC1. The van der Waals surface area contributed by atoms with Gasteiger partial charge in [-0.2, -0.15) is 0 Å². The Morgan fingerprint density at radius 2 is 2.44 bits per heavy atom. The summed E-state index contributed by atoms with van der Waals surface area (Å²) in [5.74, 6) is -0.313. The number of hydrogen-bond donors (Lipinski definition) is 0. The molecule has 0 aromatic carbocycles. The van der Waals surface area contributed by atoms with Crippen molar-refractivity contribution in [3.05, 3.63) is 47.3 Å². The zero-order valence-electron chi connectivity index (χ0n) is 9.76. The second kappa shape index (κ2) is 3.85. The number of ether oxygens (including phenoxy) is 1. The van der Waals surface area contributed by atoms with Gasteiger partial charge in [-0.1, -0.05) is 6.08 Å². The van der Waals surface area contributed by atoms with Crippen molar-refractivity contribution in [1.29, 1.82) is 0 Å². The summed E-state index contributed by atoms with van der Waals surface area (Å²) in [4.78, 5) is 15.9. The number of carbonyl (C=O) groups excluding carboxylic acids is 1. The first-order valence-corrected chi connectivity index (χ1v) is 5.90. The third kappa shape index (κ3) is 1.26. The molecule has 3 aliphatic rings. The summed E-state index contributed by atoms with van der Waals surface area (Å²) in [5.41, 5.74) is 1.88. The first-order valence-electron chi connectivity index (χ1n) is 5.57. The fourth-order valence-electron chi connectivity index (χ4n) is 2.59. The van der Waals surface area contributed by atoms with Crippen molar-refractivity contribution in [2.45, 2.75) is 12.0 Å². The van der Waals surface area contributed by atoms with Crippen molar-refractivity contribution in [3.8, 4) is 0 Å². The van der Waals surface area contributed by atoms with Gasteiger partial charge in [0.25, 0.3) is 0 Å². The summed E-state index contributed by atoms with van der Waals surface area (Å²) in [6.45, 7) is 0. The van der Waals surface area contributed by atoms with Gasteiger partial charge in [0, 0.05) is 41.5 Å². The molecule has 5 heteroatoms. The summed E-state index contributed by atoms with van der Waals surface area (Å²) >= 11 is 6.27. The molecule has 0 saturated heterocycles. The second-order valence-electron chi connectivity index (χ2n) is 4.23. The lowest BCUT2D eigenvalue weighted by molar-refractivity contribution is -0.136. The molecule has 0 saturated carbocycles. The van der Waals surface area contributed by atoms with Crippen molar-refractivity contribution in [2.24, 2.45) is 4.99 Å². The molecule has 2 aliphatic heterocycles. The third-order valence-electron chi connectivity index (χ3n) is 3.46. The van der Waals surface area contributed by atoms with Gasteiger partial charge in [0.05, 0.1) is 7.11 Å². The van der Waals surface area contributed by atoms with Crippen LogP contribution in [0.25, 0.3) is 0 Å². The van der Waals surface area contributed by atoms with Crippen LogP contribution in [0, 0.1) is 0 Å². The highest BCUT2D eigenvalue weighted by Crippen LogP contribution is 2.46. The quantitative estimate of drug-likeness (QED) is 0.537. The van der Waals surface area contributed by atoms with E-state index in [1.165, 1.54) is 7.11 Å². The molecular formula is C13H11ClN2O2. The van der Waals surface area contributed by atoms with Gasteiger partial charge in [0.2, 0.25) is 0 Å². The van der Waals surface area contributed by atoms with Crippen LogP contribution in [0.4, 0.5) is 0 Å². The number of hydrogen-bond acceptors (Lipinski definition) is 4. The lowest BCUT2D eigenvalue weighted by atomic mass is 9.76. The highest BCUT2D eigenvalue weighted by atomic mass is 35.5. The fraction of sp³-hybridized carbons (Fsp3) is 0.231. The number of carbonyl (C=O) groups is 1. The van der Waals surface area contributed by atoms with Crippen LogP contribution in [0.2, 0.25) is 0 Å². The molecular weight excluding hydrogens is 252 g/mol. The Morgan fingerprint density at radius 1 is 1.61 bits per heavy atom. The van der Waals surface area contributed by atoms with Gasteiger partial charge in [-0.05, 0) is 24.1 Å². The standard InChI is InChI=1S/C13H11ClN2O2/c1-18-12(17)10-3-2-9-8-15-6-5-13(9)11(10)4-7-16(13)14/h2,4-8H,3H2,1H3. The maximum Gasteiger partial charge on any atom is 0.334 e. The number of methoxy groups -OCH3 is 1. The van der Waals surface area contributed by atoms with Crippen LogP contribution in [0.5, 0.6) is 0 Å².